The summed E-state index contributed by atoms with van der Waals surface area (Å²) in [6.45, 7) is 6.15. The molecular weight excluding hydrogens is 280 g/mol. The van der Waals surface area contributed by atoms with Crippen LogP contribution in [0.3, 0.4) is 0 Å². The summed E-state index contributed by atoms with van der Waals surface area (Å²) in [5.74, 6) is 1.69. The fourth-order valence-electron chi connectivity index (χ4n) is 2.45. The minimum atomic E-state index is -0.00120. The van der Waals surface area contributed by atoms with E-state index in [2.05, 4.69) is 13.0 Å². The summed E-state index contributed by atoms with van der Waals surface area (Å²) in [5, 5.41) is 8.92. The van der Waals surface area contributed by atoms with Crippen molar-refractivity contribution in [2.75, 3.05) is 26.3 Å². The van der Waals surface area contributed by atoms with E-state index in [4.69, 9.17) is 14.7 Å². The van der Waals surface area contributed by atoms with Gasteiger partial charge in [-0.15, -0.1) is 0 Å². The molecule has 5 nitrogen and oxygen atoms in total. The number of ether oxygens (including phenoxy) is 2. The van der Waals surface area contributed by atoms with E-state index in [1.807, 2.05) is 11.8 Å². The van der Waals surface area contributed by atoms with Gasteiger partial charge in [-0.3, -0.25) is 4.79 Å². The van der Waals surface area contributed by atoms with Crippen molar-refractivity contribution in [2.24, 2.45) is 5.92 Å². The maximum absolute atomic E-state index is 12.2. The second kappa shape index (κ2) is 7.69. The Kier molecular flexibility index (Phi) is 5.65. The lowest BCUT2D eigenvalue weighted by atomic mass is 9.99. The zero-order valence-electron chi connectivity index (χ0n) is 13.2. The van der Waals surface area contributed by atoms with Gasteiger partial charge in [0.25, 0.3) is 5.91 Å². The predicted molar refractivity (Wildman–Crippen MR) is 82.8 cm³/mol. The number of benzene rings is 1. The Bertz CT molecular complexity index is 558. The summed E-state index contributed by atoms with van der Waals surface area (Å²) in [6, 6.07) is 7.03. The summed E-state index contributed by atoms with van der Waals surface area (Å²) in [4.78, 5) is 14.0. The third kappa shape index (κ3) is 4.14. The molecule has 2 rings (SSSR count). The first-order chi connectivity index (χ1) is 10.6. The van der Waals surface area contributed by atoms with Crippen molar-refractivity contribution in [1.82, 2.24) is 4.90 Å². The Hall–Kier alpha value is -2.22. The molecule has 1 aliphatic rings. The van der Waals surface area contributed by atoms with E-state index in [0.717, 1.165) is 25.9 Å². The standard InChI is InChI=1S/C17H22N2O3/c1-3-21-16-10-14(11-18)4-5-15(16)22-12-17(20)19-8-6-13(2)7-9-19/h4-5,10,13H,3,6-9,12H2,1-2H3. The predicted octanol–water partition coefficient (Wildman–Crippen LogP) is 2.59. The van der Waals surface area contributed by atoms with E-state index in [1.54, 1.807) is 18.2 Å². The third-order valence-electron chi connectivity index (χ3n) is 3.86. The van der Waals surface area contributed by atoms with E-state index in [0.29, 0.717) is 29.6 Å². The molecular formula is C17H22N2O3. The van der Waals surface area contributed by atoms with E-state index in [-0.39, 0.29) is 12.5 Å². The Labute approximate surface area is 131 Å². The van der Waals surface area contributed by atoms with Gasteiger partial charge in [0, 0.05) is 19.2 Å². The van der Waals surface area contributed by atoms with Crippen LogP contribution in [0.25, 0.3) is 0 Å². The molecule has 5 heteroatoms. The molecule has 1 aromatic rings. The quantitative estimate of drug-likeness (QED) is 0.838. The summed E-state index contributed by atoms with van der Waals surface area (Å²) < 4.78 is 11.1. The van der Waals surface area contributed by atoms with Crippen LogP contribution < -0.4 is 9.47 Å². The van der Waals surface area contributed by atoms with Crippen molar-refractivity contribution >= 4 is 5.91 Å². The molecule has 0 saturated carbocycles. The second-order valence-corrected chi connectivity index (χ2v) is 5.56. The number of carbonyl (C=O) groups excluding carboxylic acids is 1. The first-order valence-electron chi connectivity index (χ1n) is 7.71. The summed E-state index contributed by atoms with van der Waals surface area (Å²) in [7, 11) is 0. The van der Waals surface area contributed by atoms with Crippen molar-refractivity contribution in [3.63, 3.8) is 0 Å². The molecule has 0 atom stereocenters. The smallest absolute Gasteiger partial charge is 0.260 e. The Morgan fingerprint density at radius 2 is 2.05 bits per heavy atom. The van der Waals surface area contributed by atoms with E-state index >= 15 is 0 Å². The fraction of sp³-hybridized carbons (Fsp3) is 0.529. The molecule has 1 saturated heterocycles. The van der Waals surface area contributed by atoms with Crippen LogP contribution in [0, 0.1) is 17.2 Å². The normalized spacial score (nSPS) is 15.2. The Morgan fingerprint density at radius 3 is 2.68 bits per heavy atom. The van der Waals surface area contributed by atoms with Crippen molar-refractivity contribution in [1.29, 1.82) is 5.26 Å². The maximum atomic E-state index is 12.2. The number of likely N-dealkylation sites (tertiary alicyclic amines) is 1. The molecule has 118 valence electrons. The molecule has 0 unspecified atom stereocenters. The summed E-state index contributed by atoms with van der Waals surface area (Å²) >= 11 is 0. The monoisotopic (exact) mass is 302 g/mol. The highest BCUT2D eigenvalue weighted by Gasteiger charge is 2.21. The number of hydrogen-bond acceptors (Lipinski definition) is 4. The number of piperidine rings is 1. The fourth-order valence-corrected chi connectivity index (χ4v) is 2.45. The average molecular weight is 302 g/mol. The lowest BCUT2D eigenvalue weighted by Crippen LogP contribution is -2.40. The molecule has 0 aliphatic carbocycles. The summed E-state index contributed by atoms with van der Waals surface area (Å²) in [6.07, 6.45) is 2.10. The molecule has 0 bridgehead atoms. The molecule has 0 radical (unpaired) electrons. The molecule has 0 spiro atoms. The number of amides is 1. The van der Waals surface area contributed by atoms with Crippen molar-refractivity contribution < 1.29 is 14.3 Å². The second-order valence-electron chi connectivity index (χ2n) is 5.56. The van der Waals surface area contributed by atoms with Crippen LogP contribution in [0.5, 0.6) is 11.5 Å². The van der Waals surface area contributed by atoms with Gasteiger partial charge in [0.15, 0.2) is 18.1 Å². The van der Waals surface area contributed by atoms with Gasteiger partial charge in [0.05, 0.1) is 18.2 Å². The van der Waals surface area contributed by atoms with Gasteiger partial charge in [-0.05, 0) is 37.8 Å². The van der Waals surface area contributed by atoms with Gasteiger partial charge >= 0.3 is 0 Å². The third-order valence-corrected chi connectivity index (χ3v) is 3.86. The van der Waals surface area contributed by atoms with Crippen LogP contribution in [0.1, 0.15) is 32.3 Å². The lowest BCUT2D eigenvalue weighted by Gasteiger charge is -2.30. The van der Waals surface area contributed by atoms with Crippen molar-refractivity contribution in [2.45, 2.75) is 26.7 Å². The van der Waals surface area contributed by atoms with Crippen LogP contribution in [0.4, 0.5) is 0 Å². The van der Waals surface area contributed by atoms with Crippen LogP contribution >= 0.6 is 0 Å². The molecule has 1 aliphatic heterocycles. The van der Waals surface area contributed by atoms with Gasteiger partial charge < -0.3 is 14.4 Å². The van der Waals surface area contributed by atoms with Gasteiger partial charge in [-0.1, -0.05) is 6.92 Å². The number of nitriles is 1. The Morgan fingerprint density at radius 1 is 1.32 bits per heavy atom. The van der Waals surface area contributed by atoms with Crippen molar-refractivity contribution in [3.05, 3.63) is 23.8 Å². The average Bonchev–Trinajstić information content (AvgIpc) is 2.54. The van der Waals surface area contributed by atoms with Crippen LogP contribution in [-0.4, -0.2) is 37.1 Å². The van der Waals surface area contributed by atoms with Crippen LogP contribution in [-0.2, 0) is 4.79 Å². The molecule has 1 aromatic carbocycles. The van der Waals surface area contributed by atoms with Crippen LogP contribution in [0.15, 0.2) is 18.2 Å². The number of nitrogens with zero attached hydrogens (tertiary/aromatic N) is 2. The summed E-state index contributed by atoms with van der Waals surface area (Å²) in [5.41, 5.74) is 0.507. The molecule has 1 heterocycles. The molecule has 0 N–H and O–H groups in total. The van der Waals surface area contributed by atoms with E-state index in [9.17, 15) is 4.79 Å². The maximum Gasteiger partial charge on any atom is 0.260 e. The molecule has 1 fully saturated rings. The Balaban J connectivity index is 1.96. The van der Waals surface area contributed by atoms with Crippen molar-refractivity contribution in [3.8, 4) is 17.6 Å². The SMILES string of the molecule is CCOc1cc(C#N)ccc1OCC(=O)N1CCC(C)CC1. The molecule has 1 amide bonds. The zero-order valence-corrected chi connectivity index (χ0v) is 13.2. The minimum absolute atomic E-state index is 0.000353. The number of hydrogen-bond donors (Lipinski definition) is 0. The lowest BCUT2D eigenvalue weighted by molar-refractivity contribution is -0.134. The highest BCUT2D eigenvalue weighted by atomic mass is 16.5. The first-order valence-corrected chi connectivity index (χ1v) is 7.71. The highest BCUT2D eigenvalue weighted by Crippen LogP contribution is 2.28. The van der Waals surface area contributed by atoms with Gasteiger partial charge in [0.2, 0.25) is 0 Å². The van der Waals surface area contributed by atoms with Gasteiger partial charge in [-0.25, -0.2) is 0 Å². The molecule has 0 aromatic heterocycles. The topological polar surface area (TPSA) is 62.6 Å². The number of carbonyl (C=O) groups is 1. The zero-order chi connectivity index (χ0) is 15.9. The van der Waals surface area contributed by atoms with E-state index in [1.165, 1.54) is 0 Å². The van der Waals surface area contributed by atoms with E-state index < -0.39 is 0 Å². The first kappa shape index (κ1) is 16.2. The largest absolute Gasteiger partial charge is 0.490 e. The van der Waals surface area contributed by atoms with Crippen LogP contribution in [0.2, 0.25) is 0 Å². The molecule has 22 heavy (non-hydrogen) atoms. The minimum Gasteiger partial charge on any atom is -0.490 e. The number of rotatable bonds is 5. The van der Waals surface area contributed by atoms with Gasteiger partial charge in [0.1, 0.15) is 0 Å². The van der Waals surface area contributed by atoms with Gasteiger partial charge in [-0.2, -0.15) is 5.26 Å². The highest BCUT2D eigenvalue weighted by molar-refractivity contribution is 5.78.